The van der Waals surface area contributed by atoms with Crippen LogP contribution in [0.2, 0.25) is 0 Å². The number of aromatic hydroxyl groups is 1. The number of allylic oxidation sites excluding steroid dienone is 1. The topological polar surface area (TPSA) is 160 Å². The highest BCUT2D eigenvalue weighted by Crippen LogP contribution is 2.34. The number of carboxylic acids is 1. The summed E-state index contributed by atoms with van der Waals surface area (Å²) in [6, 6.07) is 10.4. The lowest BCUT2D eigenvalue weighted by Crippen LogP contribution is -2.29. The number of nitriles is 2. The summed E-state index contributed by atoms with van der Waals surface area (Å²) in [6.45, 7) is 0.435. The van der Waals surface area contributed by atoms with Crippen molar-refractivity contribution in [2.24, 2.45) is 4.99 Å². The average Bonchev–Trinajstić information content (AvgIpc) is 3.07. The normalized spacial score (nSPS) is 12.9. The zero-order chi connectivity index (χ0) is 23.7. The molecule has 32 heavy (non-hydrogen) atoms. The Morgan fingerprint density at radius 1 is 1.16 bits per heavy atom. The van der Waals surface area contributed by atoms with Crippen LogP contribution in [0.5, 0.6) is 5.88 Å². The van der Waals surface area contributed by atoms with Crippen molar-refractivity contribution in [2.75, 3.05) is 19.0 Å². The highest BCUT2D eigenvalue weighted by Gasteiger charge is 2.33. The summed E-state index contributed by atoms with van der Waals surface area (Å²) in [4.78, 5) is 42.1. The standard InChI is InChI=1S/C22H17N5O5/c1-11-14(8-23)21(31)27(10-16(28)29)22(32)17(11)19-15(9-24)18(20(30)25-19)12-4-6-13(7-5-12)26(2)3/h4-7,32H,10H2,1-3H3,(H,28,29). The molecule has 1 aliphatic rings. The number of rotatable bonds is 5. The Labute approximate surface area is 182 Å². The van der Waals surface area contributed by atoms with Gasteiger partial charge in [0.2, 0.25) is 5.88 Å². The van der Waals surface area contributed by atoms with Crippen molar-refractivity contribution in [1.29, 1.82) is 10.5 Å². The van der Waals surface area contributed by atoms with Gasteiger partial charge in [-0.1, -0.05) is 12.1 Å². The van der Waals surface area contributed by atoms with Gasteiger partial charge in [0, 0.05) is 19.8 Å². The monoisotopic (exact) mass is 431 g/mol. The minimum atomic E-state index is -1.43. The number of hydrogen-bond acceptors (Lipinski definition) is 7. The molecule has 10 nitrogen and oxygen atoms in total. The third-order valence-corrected chi connectivity index (χ3v) is 5.03. The van der Waals surface area contributed by atoms with Crippen molar-refractivity contribution in [3.8, 4) is 18.0 Å². The Bertz CT molecular complexity index is 1370. The number of aliphatic imine (C=N–C) groups is 1. The summed E-state index contributed by atoms with van der Waals surface area (Å²) in [7, 11) is 3.70. The molecule has 2 heterocycles. The molecule has 2 N–H and O–H groups in total. The summed E-state index contributed by atoms with van der Waals surface area (Å²) in [5.41, 5.74) is -0.741. The van der Waals surface area contributed by atoms with Crippen molar-refractivity contribution in [2.45, 2.75) is 13.5 Å². The highest BCUT2D eigenvalue weighted by molar-refractivity contribution is 6.40. The Morgan fingerprint density at radius 2 is 1.78 bits per heavy atom. The second kappa shape index (κ2) is 8.20. The van der Waals surface area contributed by atoms with E-state index in [-0.39, 0.29) is 28.0 Å². The van der Waals surface area contributed by atoms with Crippen molar-refractivity contribution in [3.63, 3.8) is 0 Å². The van der Waals surface area contributed by atoms with Crippen molar-refractivity contribution in [1.82, 2.24) is 4.57 Å². The maximum absolute atomic E-state index is 12.7. The molecule has 1 aliphatic heterocycles. The molecule has 0 spiro atoms. The summed E-state index contributed by atoms with van der Waals surface area (Å²) < 4.78 is 0.495. The van der Waals surface area contributed by atoms with E-state index in [9.17, 15) is 30.0 Å². The molecular weight excluding hydrogens is 414 g/mol. The molecule has 10 heteroatoms. The Kier molecular flexibility index (Phi) is 5.64. The van der Waals surface area contributed by atoms with Gasteiger partial charge < -0.3 is 15.1 Å². The number of benzene rings is 1. The van der Waals surface area contributed by atoms with Gasteiger partial charge >= 0.3 is 5.97 Å². The number of hydrogen-bond donors (Lipinski definition) is 2. The predicted molar refractivity (Wildman–Crippen MR) is 114 cm³/mol. The first-order valence-corrected chi connectivity index (χ1v) is 9.26. The lowest BCUT2D eigenvalue weighted by Gasteiger charge is -2.15. The van der Waals surface area contributed by atoms with E-state index < -0.39 is 35.4 Å². The smallest absolute Gasteiger partial charge is 0.323 e. The van der Waals surface area contributed by atoms with Crippen molar-refractivity contribution >= 4 is 28.8 Å². The van der Waals surface area contributed by atoms with Gasteiger partial charge in [-0.2, -0.15) is 10.5 Å². The molecule has 1 amide bonds. The SMILES string of the molecule is Cc1c(C2=NC(=O)C(c3ccc(N(C)C)cc3)=C2C#N)c(O)n(CC(=O)O)c(=O)c1C#N. The first-order valence-electron chi connectivity index (χ1n) is 9.26. The molecule has 0 saturated carbocycles. The van der Waals surface area contributed by atoms with Crippen LogP contribution in [0.4, 0.5) is 5.69 Å². The van der Waals surface area contributed by atoms with Gasteiger partial charge in [0.15, 0.2) is 0 Å². The van der Waals surface area contributed by atoms with Crippen LogP contribution in [0.15, 0.2) is 39.6 Å². The van der Waals surface area contributed by atoms with E-state index in [4.69, 9.17) is 5.11 Å². The second-order valence-corrected chi connectivity index (χ2v) is 7.16. The van der Waals surface area contributed by atoms with E-state index in [1.807, 2.05) is 25.1 Å². The highest BCUT2D eigenvalue weighted by atomic mass is 16.4. The molecule has 0 atom stereocenters. The van der Waals surface area contributed by atoms with Gasteiger partial charge in [0.1, 0.15) is 24.2 Å². The zero-order valence-corrected chi connectivity index (χ0v) is 17.4. The number of amides is 1. The van der Waals surface area contributed by atoms with Crippen LogP contribution >= 0.6 is 0 Å². The molecule has 2 aromatic rings. The maximum Gasteiger partial charge on any atom is 0.323 e. The van der Waals surface area contributed by atoms with Gasteiger partial charge in [-0.3, -0.25) is 19.0 Å². The molecule has 0 fully saturated rings. The van der Waals surface area contributed by atoms with E-state index in [1.165, 1.54) is 6.92 Å². The van der Waals surface area contributed by atoms with E-state index >= 15 is 0 Å². The fourth-order valence-electron chi connectivity index (χ4n) is 3.44. The lowest BCUT2D eigenvalue weighted by molar-refractivity contribution is -0.137. The third kappa shape index (κ3) is 3.50. The molecule has 160 valence electrons. The molecule has 0 bridgehead atoms. The number of aromatic nitrogens is 1. The molecule has 3 rings (SSSR count). The van der Waals surface area contributed by atoms with E-state index in [0.717, 1.165) is 5.69 Å². The maximum atomic E-state index is 12.7. The van der Waals surface area contributed by atoms with Gasteiger partial charge in [-0.25, -0.2) is 4.99 Å². The minimum absolute atomic E-state index is 0.00102. The van der Waals surface area contributed by atoms with Crippen molar-refractivity contribution in [3.05, 3.63) is 62.4 Å². The van der Waals surface area contributed by atoms with Crippen LogP contribution in [-0.2, 0) is 16.1 Å². The predicted octanol–water partition coefficient (Wildman–Crippen LogP) is 1.19. The van der Waals surface area contributed by atoms with E-state index in [2.05, 4.69) is 4.99 Å². The number of carboxylic acid groups (broad SMARTS) is 1. The molecule has 1 aromatic carbocycles. The van der Waals surface area contributed by atoms with E-state index in [0.29, 0.717) is 10.1 Å². The van der Waals surface area contributed by atoms with Gasteiger partial charge in [-0.05, 0) is 30.2 Å². The summed E-state index contributed by atoms with van der Waals surface area (Å²) in [6.07, 6.45) is 0. The average molecular weight is 431 g/mol. The summed E-state index contributed by atoms with van der Waals surface area (Å²) in [5, 5.41) is 39.0. The number of carbonyl (C=O) groups excluding carboxylic acids is 1. The van der Waals surface area contributed by atoms with Crippen LogP contribution in [-0.4, -0.2) is 46.5 Å². The number of pyridine rings is 1. The van der Waals surface area contributed by atoms with Crippen LogP contribution in [0.1, 0.15) is 22.3 Å². The minimum Gasteiger partial charge on any atom is -0.494 e. The quantitative estimate of drug-likeness (QED) is 0.714. The Morgan fingerprint density at radius 3 is 2.28 bits per heavy atom. The summed E-state index contributed by atoms with van der Waals surface area (Å²) in [5.74, 6) is -2.96. The van der Waals surface area contributed by atoms with Gasteiger partial charge in [-0.15, -0.1) is 0 Å². The molecule has 0 saturated heterocycles. The lowest BCUT2D eigenvalue weighted by atomic mass is 9.93. The first kappa shape index (κ1) is 22.0. The largest absolute Gasteiger partial charge is 0.494 e. The fraction of sp³-hybridized carbons (Fsp3) is 0.182. The number of aliphatic carboxylic acids is 1. The molecule has 0 unspecified atom stereocenters. The van der Waals surface area contributed by atoms with Crippen LogP contribution in [0.3, 0.4) is 0 Å². The zero-order valence-electron chi connectivity index (χ0n) is 17.4. The van der Waals surface area contributed by atoms with Crippen LogP contribution in [0.25, 0.3) is 5.57 Å². The number of nitrogens with zero attached hydrogens (tertiary/aromatic N) is 5. The molecule has 0 radical (unpaired) electrons. The van der Waals surface area contributed by atoms with E-state index in [1.54, 1.807) is 30.3 Å². The molecule has 1 aromatic heterocycles. The van der Waals surface area contributed by atoms with Crippen LogP contribution < -0.4 is 10.5 Å². The third-order valence-electron chi connectivity index (χ3n) is 5.03. The van der Waals surface area contributed by atoms with Gasteiger partial charge in [0.25, 0.3) is 11.5 Å². The van der Waals surface area contributed by atoms with Crippen molar-refractivity contribution < 1.29 is 19.8 Å². The number of carbonyl (C=O) groups is 2. The Balaban J connectivity index is 2.29. The Hall–Kier alpha value is -4.70. The number of anilines is 1. The first-order chi connectivity index (χ1) is 15.1. The molecular formula is C22H17N5O5. The summed E-state index contributed by atoms with van der Waals surface area (Å²) >= 11 is 0. The molecule has 0 aliphatic carbocycles. The second-order valence-electron chi connectivity index (χ2n) is 7.16. The van der Waals surface area contributed by atoms with Crippen LogP contribution in [0, 0.1) is 29.6 Å². The van der Waals surface area contributed by atoms with Gasteiger partial charge in [0.05, 0.1) is 22.4 Å². The fourth-order valence-corrected chi connectivity index (χ4v) is 3.44.